The van der Waals surface area contributed by atoms with E-state index in [-0.39, 0.29) is 5.60 Å². The maximum Gasteiger partial charge on any atom is 0.131 e. The van der Waals surface area contributed by atoms with E-state index in [9.17, 15) is 0 Å². The third kappa shape index (κ3) is 3.49. The molecule has 1 atom stereocenters. The van der Waals surface area contributed by atoms with Crippen molar-refractivity contribution in [3.8, 4) is 0 Å². The van der Waals surface area contributed by atoms with Crippen LogP contribution in [-0.4, -0.2) is 37.3 Å². The number of ether oxygens (including phenoxy) is 1. The van der Waals surface area contributed by atoms with E-state index in [2.05, 4.69) is 42.0 Å². The molecule has 1 unspecified atom stereocenters. The van der Waals surface area contributed by atoms with Crippen LogP contribution in [0.3, 0.4) is 0 Å². The Bertz CT molecular complexity index is 449. The second-order valence-corrected chi connectivity index (χ2v) is 5.94. The molecule has 2 rings (SSSR count). The van der Waals surface area contributed by atoms with Gasteiger partial charge in [0.15, 0.2) is 0 Å². The fourth-order valence-corrected chi connectivity index (χ4v) is 2.88. The number of hydrogen-bond acceptors (Lipinski definition) is 4. The van der Waals surface area contributed by atoms with E-state index in [4.69, 9.17) is 4.74 Å². The minimum absolute atomic E-state index is 0.0468. The Morgan fingerprint density at radius 3 is 2.95 bits per heavy atom. The first-order chi connectivity index (χ1) is 9.58. The molecule has 1 saturated heterocycles. The molecule has 1 aliphatic rings. The number of piperidine rings is 1. The van der Waals surface area contributed by atoms with Gasteiger partial charge in [-0.3, -0.25) is 0 Å². The van der Waals surface area contributed by atoms with E-state index in [0.29, 0.717) is 0 Å². The van der Waals surface area contributed by atoms with Gasteiger partial charge in [0.1, 0.15) is 5.82 Å². The molecule has 20 heavy (non-hydrogen) atoms. The zero-order chi connectivity index (χ0) is 14.6. The molecule has 0 bridgehead atoms. The number of anilines is 1. The van der Waals surface area contributed by atoms with Gasteiger partial charge in [0, 0.05) is 32.9 Å². The van der Waals surface area contributed by atoms with Gasteiger partial charge >= 0.3 is 0 Å². The first-order valence-electron chi connectivity index (χ1n) is 7.54. The second kappa shape index (κ2) is 6.55. The topological polar surface area (TPSA) is 37.4 Å². The number of aryl methyl sites for hydroxylation is 1. The number of hydrogen-bond donors (Lipinski definition) is 1. The molecule has 112 valence electrons. The summed E-state index contributed by atoms with van der Waals surface area (Å²) in [5.41, 5.74) is 2.45. The van der Waals surface area contributed by atoms with Crippen LogP contribution in [0.2, 0.25) is 0 Å². The molecule has 1 aliphatic heterocycles. The number of nitrogens with zero attached hydrogens (tertiary/aromatic N) is 2. The number of rotatable bonds is 5. The van der Waals surface area contributed by atoms with Crippen LogP contribution >= 0.6 is 0 Å². The molecule has 0 aromatic carbocycles. The minimum Gasteiger partial charge on any atom is -0.377 e. The highest BCUT2D eigenvalue weighted by atomic mass is 16.5. The number of pyridine rings is 1. The van der Waals surface area contributed by atoms with Gasteiger partial charge in [0.2, 0.25) is 0 Å². The molecule has 0 aliphatic carbocycles. The highest BCUT2D eigenvalue weighted by molar-refractivity contribution is 5.48. The molecule has 1 aromatic heterocycles. The van der Waals surface area contributed by atoms with E-state index < -0.39 is 0 Å². The molecule has 0 amide bonds. The van der Waals surface area contributed by atoms with Crippen LogP contribution in [-0.2, 0) is 11.3 Å². The molecule has 1 N–H and O–H groups in total. The van der Waals surface area contributed by atoms with Crippen LogP contribution in [0.25, 0.3) is 0 Å². The Hall–Kier alpha value is -1.13. The van der Waals surface area contributed by atoms with E-state index in [1.807, 2.05) is 13.3 Å². The van der Waals surface area contributed by atoms with Gasteiger partial charge in [0.05, 0.1) is 5.60 Å². The van der Waals surface area contributed by atoms with Crippen LogP contribution in [0.4, 0.5) is 5.82 Å². The summed E-state index contributed by atoms with van der Waals surface area (Å²) in [6, 6.07) is 2.24. The fraction of sp³-hybridized carbons (Fsp3) is 0.688. The third-order valence-corrected chi connectivity index (χ3v) is 4.14. The zero-order valence-electron chi connectivity index (χ0n) is 13.2. The highest BCUT2D eigenvalue weighted by Gasteiger charge is 2.31. The highest BCUT2D eigenvalue weighted by Crippen LogP contribution is 2.28. The van der Waals surface area contributed by atoms with Gasteiger partial charge in [-0.2, -0.15) is 0 Å². The number of aromatic nitrogens is 1. The quantitative estimate of drug-likeness (QED) is 0.897. The van der Waals surface area contributed by atoms with Crippen molar-refractivity contribution in [3.05, 3.63) is 23.4 Å². The molecular formula is C16H27N3O. The lowest BCUT2D eigenvalue weighted by atomic mass is 9.94. The van der Waals surface area contributed by atoms with Gasteiger partial charge in [-0.05, 0) is 50.4 Å². The van der Waals surface area contributed by atoms with Crippen molar-refractivity contribution >= 4 is 5.82 Å². The standard InChI is InChI=1S/C16H27N3O/c1-5-17-10-14-9-13(2)15(18-11-14)19-8-6-7-16(3,12-19)20-4/h9,11,17H,5-8,10,12H2,1-4H3. The summed E-state index contributed by atoms with van der Waals surface area (Å²) < 4.78 is 5.67. The van der Waals surface area contributed by atoms with Crippen molar-refractivity contribution in [2.45, 2.75) is 45.8 Å². The molecule has 4 heteroatoms. The monoisotopic (exact) mass is 277 g/mol. The fourth-order valence-electron chi connectivity index (χ4n) is 2.88. The van der Waals surface area contributed by atoms with Crippen molar-refractivity contribution in [1.82, 2.24) is 10.3 Å². The Labute approximate surface area is 122 Å². The van der Waals surface area contributed by atoms with Crippen molar-refractivity contribution in [1.29, 1.82) is 0 Å². The molecule has 0 saturated carbocycles. The summed E-state index contributed by atoms with van der Waals surface area (Å²) in [6.45, 7) is 10.3. The first kappa shape index (κ1) is 15.3. The maximum absolute atomic E-state index is 5.67. The molecule has 1 aromatic rings. The van der Waals surface area contributed by atoms with Crippen molar-refractivity contribution in [2.24, 2.45) is 0 Å². The maximum atomic E-state index is 5.67. The van der Waals surface area contributed by atoms with Crippen molar-refractivity contribution in [3.63, 3.8) is 0 Å². The van der Waals surface area contributed by atoms with E-state index in [1.54, 1.807) is 0 Å². The molecule has 4 nitrogen and oxygen atoms in total. The summed E-state index contributed by atoms with van der Waals surface area (Å²) in [5, 5.41) is 3.34. The van der Waals surface area contributed by atoms with Gasteiger partial charge in [0.25, 0.3) is 0 Å². The Kier molecular flexibility index (Phi) is 5.00. The van der Waals surface area contributed by atoms with Gasteiger partial charge in [-0.1, -0.05) is 6.92 Å². The van der Waals surface area contributed by atoms with E-state index in [0.717, 1.165) is 44.8 Å². The van der Waals surface area contributed by atoms with Gasteiger partial charge in [-0.15, -0.1) is 0 Å². The van der Waals surface area contributed by atoms with E-state index in [1.165, 1.54) is 11.1 Å². The Balaban J connectivity index is 2.12. The smallest absolute Gasteiger partial charge is 0.131 e. The summed E-state index contributed by atoms with van der Waals surface area (Å²) in [5.74, 6) is 1.10. The summed E-state index contributed by atoms with van der Waals surface area (Å²) in [4.78, 5) is 7.05. The average Bonchev–Trinajstić information content (AvgIpc) is 2.45. The zero-order valence-corrected chi connectivity index (χ0v) is 13.2. The lowest BCUT2D eigenvalue weighted by Gasteiger charge is -2.40. The summed E-state index contributed by atoms with van der Waals surface area (Å²) >= 11 is 0. The predicted molar refractivity (Wildman–Crippen MR) is 83.2 cm³/mol. The average molecular weight is 277 g/mol. The molecular weight excluding hydrogens is 250 g/mol. The number of nitrogens with one attached hydrogen (secondary N) is 1. The Morgan fingerprint density at radius 1 is 1.50 bits per heavy atom. The largest absolute Gasteiger partial charge is 0.377 e. The third-order valence-electron chi connectivity index (χ3n) is 4.14. The minimum atomic E-state index is -0.0468. The normalized spacial score (nSPS) is 23.1. The van der Waals surface area contributed by atoms with Crippen molar-refractivity contribution < 1.29 is 4.74 Å². The lowest BCUT2D eigenvalue weighted by Crippen LogP contribution is -2.48. The van der Waals surface area contributed by atoms with Crippen molar-refractivity contribution in [2.75, 3.05) is 31.6 Å². The molecule has 0 spiro atoms. The molecule has 0 radical (unpaired) electrons. The van der Waals surface area contributed by atoms with Crippen LogP contribution in [0, 0.1) is 6.92 Å². The lowest BCUT2D eigenvalue weighted by molar-refractivity contribution is -0.00483. The van der Waals surface area contributed by atoms with E-state index >= 15 is 0 Å². The van der Waals surface area contributed by atoms with Gasteiger partial charge < -0.3 is 15.0 Å². The number of methoxy groups -OCH3 is 1. The van der Waals surface area contributed by atoms with Crippen LogP contribution in [0.15, 0.2) is 12.3 Å². The van der Waals surface area contributed by atoms with Crippen LogP contribution in [0.1, 0.15) is 37.8 Å². The van der Waals surface area contributed by atoms with Crippen LogP contribution < -0.4 is 10.2 Å². The second-order valence-electron chi connectivity index (χ2n) is 5.94. The molecule has 2 heterocycles. The summed E-state index contributed by atoms with van der Waals surface area (Å²) in [7, 11) is 1.81. The molecule has 1 fully saturated rings. The predicted octanol–water partition coefficient (Wildman–Crippen LogP) is 2.50. The Morgan fingerprint density at radius 2 is 2.30 bits per heavy atom. The van der Waals surface area contributed by atoms with Gasteiger partial charge in [-0.25, -0.2) is 4.98 Å². The first-order valence-corrected chi connectivity index (χ1v) is 7.54. The SMILES string of the molecule is CCNCc1cnc(N2CCCC(C)(OC)C2)c(C)c1. The van der Waals surface area contributed by atoms with Crippen LogP contribution in [0.5, 0.6) is 0 Å². The summed E-state index contributed by atoms with van der Waals surface area (Å²) in [6.07, 6.45) is 4.27.